The van der Waals surface area contributed by atoms with Crippen LogP contribution in [0.2, 0.25) is 0 Å². The normalized spacial score (nSPS) is 35.7. The molecule has 0 spiro atoms. The van der Waals surface area contributed by atoms with Gasteiger partial charge in [-0.05, 0) is 12.0 Å². The number of nitrogens with one attached hydrogen (secondary N) is 2. The molecule has 2 N–H and O–H groups in total. The van der Waals surface area contributed by atoms with Crippen LogP contribution < -0.4 is 10.6 Å². The second-order valence-corrected chi connectivity index (χ2v) is 3.91. The minimum absolute atomic E-state index is 0.460. The van der Waals surface area contributed by atoms with Crippen molar-refractivity contribution in [1.82, 2.24) is 10.6 Å². The Morgan fingerprint density at radius 3 is 3.31 bits per heavy atom. The van der Waals surface area contributed by atoms with E-state index in [0.717, 1.165) is 19.0 Å². The highest BCUT2D eigenvalue weighted by atomic mass is 15.0. The largest absolute Gasteiger partial charge is 0.388 e. The van der Waals surface area contributed by atoms with Gasteiger partial charge in [-0.15, -0.1) is 0 Å². The molecule has 0 amide bonds. The van der Waals surface area contributed by atoms with Crippen LogP contribution in [-0.2, 0) is 0 Å². The first-order chi connectivity index (χ1) is 6.45. The van der Waals surface area contributed by atoms with Gasteiger partial charge in [0.25, 0.3) is 0 Å². The van der Waals surface area contributed by atoms with Gasteiger partial charge in [-0.3, -0.25) is 0 Å². The van der Waals surface area contributed by atoms with Gasteiger partial charge in [0.15, 0.2) is 0 Å². The minimum Gasteiger partial charge on any atom is -0.388 e. The average molecular weight is 174 g/mol. The fourth-order valence-corrected chi connectivity index (χ4v) is 2.46. The Morgan fingerprint density at radius 2 is 2.31 bits per heavy atom. The van der Waals surface area contributed by atoms with E-state index >= 15 is 0 Å². The maximum absolute atomic E-state index is 3.56. The number of hydrogen-bond donors (Lipinski definition) is 2. The van der Waals surface area contributed by atoms with Gasteiger partial charge in [0.2, 0.25) is 0 Å². The second-order valence-electron chi connectivity index (χ2n) is 3.91. The van der Waals surface area contributed by atoms with E-state index in [-0.39, 0.29) is 0 Å². The lowest BCUT2D eigenvalue weighted by molar-refractivity contribution is 0.499. The molecule has 2 unspecified atom stereocenters. The second kappa shape index (κ2) is 2.74. The lowest BCUT2D eigenvalue weighted by Crippen LogP contribution is -2.40. The highest BCUT2D eigenvalue weighted by Gasteiger charge is 2.30. The summed E-state index contributed by atoms with van der Waals surface area (Å²) in [6.45, 7) is 2.28. The zero-order valence-corrected chi connectivity index (χ0v) is 7.59. The van der Waals surface area contributed by atoms with Crippen molar-refractivity contribution in [2.75, 3.05) is 13.1 Å². The molecular weight excluding hydrogens is 160 g/mol. The lowest BCUT2D eigenvalue weighted by Gasteiger charge is -2.29. The first-order valence-corrected chi connectivity index (χ1v) is 5.01. The van der Waals surface area contributed by atoms with E-state index in [0.29, 0.717) is 6.04 Å². The standard InChI is InChI=1S/C11H14N2/c1-2-4-10-9(3-1)11-8(7-13-10)5-6-12-11/h1-4,8,10,12-13H,5-7H2. The van der Waals surface area contributed by atoms with Crippen LogP contribution in [0.3, 0.4) is 0 Å². The lowest BCUT2D eigenvalue weighted by atomic mass is 9.90. The molecule has 68 valence electrons. The molecule has 3 aliphatic rings. The molecule has 2 atom stereocenters. The van der Waals surface area contributed by atoms with Gasteiger partial charge in [0.05, 0.1) is 6.04 Å². The van der Waals surface area contributed by atoms with Crippen LogP contribution in [0.5, 0.6) is 0 Å². The molecule has 0 aromatic heterocycles. The molecule has 3 rings (SSSR count). The van der Waals surface area contributed by atoms with Gasteiger partial charge in [-0.25, -0.2) is 0 Å². The molecule has 0 bridgehead atoms. The first-order valence-electron chi connectivity index (χ1n) is 5.01. The van der Waals surface area contributed by atoms with Crippen molar-refractivity contribution in [3.8, 4) is 0 Å². The van der Waals surface area contributed by atoms with Crippen LogP contribution in [0, 0.1) is 5.92 Å². The molecular formula is C11H14N2. The van der Waals surface area contributed by atoms with Crippen molar-refractivity contribution < 1.29 is 0 Å². The van der Waals surface area contributed by atoms with Crippen molar-refractivity contribution in [1.29, 1.82) is 0 Å². The fourth-order valence-electron chi connectivity index (χ4n) is 2.46. The molecule has 0 aromatic carbocycles. The summed E-state index contributed by atoms with van der Waals surface area (Å²) in [5.41, 5.74) is 2.94. The Kier molecular flexibility index (Phi) is 1.56. The van der Waals surface area contributed by atoms with Gasteiger partial charge in [-0.2, -0.15) is 0 Å². The van der Waals surface area contributed by atoms with Crippen LogP contribution in [0.1, 0.15) is 6.42 Å². The molecule has 2 heteroatoms. The highest BCUT2D eigenvalue weighted by Crippen LogP contribution is 2.29. The molecule has 13 heavy (non-hydrogen) atoms. The van der Waals surface area contributed by atoms with E-state index in [1.54, 1.807) is 0 Å². The van der Waals surface area contributed by atoms with Crippen molar-refractivity contribution >= 4 is 0 Å². The fraction of sp³-hybridized carbons (Fsp3) is 0.455. The van der Waals surface area contributed by atoms with E-state index in [1.165, 1.54) is 17.7 Å². The number of fused-ring (bicyclic) bond motifs is 2. The van der Waals surface area contributed by atoms with Crippen LogP contribution in [0.4, 0.5) is 0 Å². The maximum atomic E-state index is 3.56. The third-order valence-corrected chi connectivity index (χ3v) is 3.14. The topological polar surface area (TPSA) is 24.1 Å². The van der Waals surface area contributed by atoms with Gasteiger partial charge in [0, 0.05) is 24.7 Å². The summed E-state index contributed by atoms with van der Waals surface area (Å²) in [7, 11) is 0. The predicted octanol–water partition coefficient (Wildman–Crippen LogP) is 0.948. The van der Waals surface area contributed by atoms with Crippen LogP contribution in [0.15, 0.2) is 35.6 Å². The Hall–Kier alpha value is -1.02. The van der Waals surface area contributed by atoms with Gasteiger partial charge in [-0.1, -0.05) is 24.3 Å². The SMILES string of the molecule is C1=CC2=C3NCCC3CNC2C=C1. The summed E-state index contributed by atoms with van der Waals surface area (Å²) in [4.78, 5) is 0. The Morgan fingerprint density at radius 1 is 1.31 bits per heavy atom. The summed E-state index contributed by atoms with van der Waals surface area (Å²) in [6.07, 6.45) is 10.0. The molecule has 0 radical (unpaired) electrons. The summed E-state index contributed by atoms with van der Waals surface area (Å²) >= 11 is 0. The number of rotatable bonds is 0. The quantitative estimate of drug-likeness (QED) is 0.571. The average Bonchev–Trinajstić information content (AvgIpc) is 2.65. The maximum Gasteiger partial charge on any atom is 0.0526 e. The molecule has 1 fully saturated rings. The summed E-state index contributed by atoms with van der Waals surface area (Å²) < 4.78 is 0. The molecule has 0 aromatic rings. The zero-order chi connectivity index (χ0) is 8.67. The minimum atomic E-state index is 0.460. The smallest absolute Gasteiger partial charge is 0.0526 e. The molecule has 2 aliphatic heterocycles. The number of allylic oxidation sites excluding steroid dienone is 2. The van der Waals surface area contributed by atoms with E-state index in [2.05, 4.69) is 34.9 Å². The van der Waals surface area contributed by atoms with E-state index in [1.807, 2.05) is 0 Å². The van der Waals surface area contributed by atoms with Crippen molar-refractivity contribution in [3.63, 3.8) is 0 Å². The van der Waals surface area contributed by atoms with Crippen LogP contribution in [0.25, 0.3) is 0 Å². The summed E-state index contributed by atoms with van der Waals surface area (Å²) in [5, 5.41) is 7.07. The van der Waals surface area contributed by atoms with Crippen molar-refractivity contribution in [2.24, 2.45) is 5.92 Å². The Labute approximate surface area is 78.4 Å². The third kappa shape index (κ3) is 1.05. The summed E-state index contributed by atoms with van der Waals surface area (Å²) in [6, 6.07) is 0.460. The summed E-state index contributed by atoms with van der Waals surface area (Å²) in [5.74, 6) is 0.738. The zero-order valence-electron chi connectivity index (χ0n) is 7.59. The van der Waals surface area contributed by atoms with Gasteiger partial charge < -0.3 is 10.6 Å². The molecule has 2 heterocycles. The molecule has 1 saturated heterocycles. The Balaban J connectivity index is 2.05. The third-order valence-electron chi connectivity index (χ3n) is 3.14. The van der Waals surface area contributed by atoms with Crippen LogP contribution >= 0.6 is 0 Å². The predicted molar refractivity (Wildman–Crippen MR) is 53.2 cm³/mol. The van der Waals surface area contributed by atoms with Crippen molar-refractivity contribution in [2.45, 2.75) is 12.5 Å². The van der Waals surface area contributed by atoms with E-state index in [4.69, 9.17) is 0 Å². The van der Waals surface area contributed by atoms with Gasteiger partial charge >= 0.3 is 0 Å². The van der Waals surface area contributed by atoms with E-state index in [9.17, 15) is 0 Å². The highest BCUT2D eigenvalue weighted by molar-refractivity contribution is 5.42. The molecule has 1 aliphatic carbocycles. The monoisotopic (exact) mass is 174 g/mol. The molecule has 2 nitrogen and oxygen atoms in total. The molecule has 0 saturated carbocycles. The number of hydrogen-bond acceptors (Lipinski definition) is 2. The first kappa shape index (κ1) is 7.39. The Bertz CT molecular complexity index is 312. The van der Waals surface area contributed by atoms with E-state index < -0.39 is 0 Å². The van der Waals surface area contributed by atoms with Crippen LogP contribution in [-0.4, -0.2) is 19.1 Å². The van der Waals surface area contributed by atoms with Crippen molar-refractivity contribution in [3.05, 3.63) is 35.6 Å². The van der Waals surface area contributed by atoms with Gasteiger partial charge in [0.1, 0.15) is 0 Å².